The van der Waals surface area contributed by atoms with Gasteiger partial charge in [-0.15, -0.1) is 0 Å². The Bertz CT molecular complexity index is 321. The number of benzene rings is 1. The van der Waals surface area contributed by atoms with Gasteiger partial charge in [-0.3, -0.25) is 4.79 Å². The molecule has 0 fully saturated rings. The van der Waals surface area contributed by atoms with Crippen molar-refractivity contribution in [3.8, 4) is 0 Å². The molecule has 1 rings (SSSR count). The van der Waals surface area contributed by atoms with E-state index in [0.717, 1.165) is 18.7 Å². The van der Waals surface area contributed by atoms with Crippen LogP contribution in [-0.2, 0) is 4.79 Å². The van der Waals surface area contributed by atoms with E-state index in [1.165, 1.54) is 0 Å². The minimum absolute atomic E-state index is 0.248. The lowest BCUT2D eigenvalue weighted by Gasteiger charge is -2.22. The Labute approximate surface area is 89.9 Å². The second-order valence-corrected chi connectivity index (χ2v) is 3.48. The number of rotatable bonds is 5. The minimum atomic E-state index is -0.319. The van der Waals surface area contributed by atoms with E-state index < -0.39 is 0 Å². The molecule has 0 saturated heterocycles. The molecule has 0 heterocycles. The molecule has 1 amide bonds. The van der Waals surface area contributed by atoms with Crippen LogP contribution in [0, 0.1) is 0 Å². The van der Waals surface area contributed by atoms with Crippen LogP contribution in [0.3, 0.4) is 0 Å². The summed E-state index contributed by atoms with van der Waals surface area (Å²) < 4.78 is 0. The van der Waals surface area contributed by atoms with Gasteiger partial charge in [0.25, 0.3) is 0 Å². The first-order chi connectivity index (χ1) is 7.13. The number of carbonyl (C=O) groups is 1. The molecule has 0 aliphatic heterocycles. The molecule has 0 saturated carbocycles. The highest BCUT2D eigenvalue weighted by atomic mass is 16.1. The summed E-state index contributed by atoms with van der Waals surface area (Å²) in [6.07, 6.45) is 0.970. The van der Waals surface area contributed by atoms with Crippen LogP contribution in [0.1, 0.15) is 13.3 Å². The van der Waals surface area contributed by atoms with Crippen LogP contribution < -0.4 is 16.4 Å². The summed E-state index contributed by atoms with van der Waals surface area (Å²) in [5, 5.41) is 0. The number of amides is 1. The van der Waals surface area contributed by atoms with Gasteiger partial charge in [0.1, 0.15) is 0 Å². The molecule has 1 aromatic carbocycles. The summed E-state index contributed by atoms with van der Waals surface area (Å²) in [6.45, 7) is 3.12. The van der Waals surface area contributed by atoms with E-state index in [9.17, 15) is 4.79 Å². The molecule has 82 valence electrons. The first kappa shape index (κ1) is 11.4. The van der Waals surface area contributed by atoms with Crippen LogP contribution in [0.15, 0.2) is 24.3 Å². The van der Waals surface area contributed by atoms with Crippen molar-refractivity contribution in [2.75, 3.05) is 23.7 Å². The number of nitrogens with two attached hydrogens (primary N) is 2. The van der Waals surface area contributed by atoms with E-state index in [0.29, 0.717) is 5.69 Å². The standard InChI is InChI=1S/C11H17N3O/c1-2-7-14(8-11(13)15)10-5-3-9(12)4-6-10/h3-6H,2,7-8,12H2,1H3,(H2,13,15). The van der Waals surface area contributed by atoms with Gasteiger partial charge < -0.3 is 16.4 Å². The third kappa shape index (κ3) is 3.50. The third-order valence-corrected chi connectivity index (χ3v) is 2.10. The molecule has 4 heteroatoms. The van der Waals surface area contributed by atoms with E-state index in [-0.39, 0.29) is 12.5 Å². The molecule has 0 aliphatic rings. The molecule has 4 N–H and O–H groups in total. The molecular formula is C11H17N3O. The van der Waals surface area contributed by atoms with Crippen LogP contribution in [0.2, 0.25) is 0 Å². The maximum atomic E-state index is 10.9. The van der Waals surface area contributed by atoms with Gasteiger partial charge >= 0.3 is 0 Å². The molecule has 0 atom stereocenters. The Morgan fingerprint density at radius 3 is 2.40 bits per heavy atom. The van der Waals surface area contributed by atoms with Gasteiger partial charge in [-0.25, -0.2) is 0 Å². The zero-order valence-corrected chi connectivity index (χ0v) is 8.94. The summed E-state index contributed by atoms with van der Waals surface area (Å²) in [5.41, 5.74) is 12.5. The van der Waals surface area contributed by atoms with Crippen molar-refractivity contribution in [1.82, 2.24) is 0 Å². The molecule has 4 nitrogen and oxygen atoms in total. The molecular weight excluding hydrogens is 190 g/mol. The number of hydrogen-bond acceptors (Lipinski definition) is 3. The van der Waals surface area contributed by atoms with Crippen LogP contribution in [0.5, 0.6) is 0 Å². The van der Waals surface area contributed by atoms with E-state index in [2.05, 4.69) is 6.92 Å². The molecule has 0 bridgehead atoms. The lowest BCUT2D eigenvalue weighted by molar-refractivity contribution is -0.116. The van der Waals surface area contributed by atoms with E-state index in [1.54, 1.807) is 0 Å². The number of carbonyl (C=O) groups excluding carboxylic acids is 1. The minimum Gasteiger partial charge on any atom is -0.399 e. The topological polar surface area (TPSA) is 72.3 Å². The second kappa shape index (κ2) is 5.24. The molecule has 0 radical (unpaired) electrons. The van der Waals surface area contributed by atoms with Gasteiger partial charge in [-0.05, 0) is 30.7 Å². The lowest BCUT2D eigenvalue weighted by atomic mass is 10.2. The van der Waals surface area contributed by atoms with Gasteiger partial charge in [-0.2, -0.15) is 0 Å². The summed E-state index contributed by atoms with van der Waals surface area (Å²) in [5.74, 6) is -0.319. The maximum absolute atomic E-state index is 10.9. The highest BCUT2D eigenvalue weighted by Gasteiger charge is 2.07. The van der Waals surface area contributed by atoms with Crippen molar-refractivity contribution in [2.24, 2.45) is 5.73 Å². The Kier molecular flexibility index (Phi) is 3.97. The second-order valence-electron chi connectivity index (χ2n) is 3.48. The highest BCUT2D eigenvalue weighted by Crippen LogP contribution is 2.16. The van der Waals surface area contributed by atoms with Crippen molar-refractivity contribution in [3.63, 3.8) is 0 Å². The number of nitrogens with zero attached hydrogens (tertiary/aromatic N) is 1. The Morgan fingerprint density at radius 1 is 1.33 bits per heavy atom. The number of hydrogen-bond donors (Lipinski definition) is 2. The van der Waals surface area contributed by atoms with Gasteiger partial charge in [0.2, 0.25) is 5.91 Å². The van der Waals surface area contributed by atoms with Gasteiger partial charge in [0, 0.05) is 17.9 Å². The fourth-order valence-electron chi connectivity index (χ4n) is 1.44. The highest BCUT2D eigenvalue weighted by molar-refractivity contribution is 5.79. The molecule has 1 aromatic rings. The van der Waals surface area contributed by atoms with Gasteiger partial charge in [0.05, 0.1) is 6.54 Å². The van der Waals surface area contributed by atoms with E-state index in [1.807, 2.05) is 29.2 Å². The Balaban J connectivity index is 2.78. The lowest BCUT2D eigenvalue weighted by Crippen LogP contribution is -2.34. The zero-order chi connectivity index (χ0) is 11.3. The first-order valence-corrected chi connectivity index (χ1v) is 5.02. The molecule has 0 aliphatic carbocycles. The van der Waals surface area contributed by atoms with Crippen LogP contribution >= 0.6 is 0 Å². The number of primary amides is 1. The molecule has 0 unspecified atom stereocenters. The zero-order valence-electron chi connectivity index (χ0n) is 8.94. The maximum Gasteiger partial charge on any atom is 0.236 e. The summed E-state index contributed by atoms with van der Waals surface area (Å²) in [4.78, 5) is 12.8. The predicted molar refractivity (Wildman–Crippen MR) is 62.6 cm³/mol. The predicted octanol–water partition coefficient (Wildman–Crippen LogP) is 0.970. The summed E-state index contributed by atoms with van der Waals surface area (Å²) in [6, 6.07) is 7.43. The molecule has 0 spiro atoms. The fraction of sp³-hybridized carbons (Fsp3) is 0.364. The van der Waals surface area contributed by atoms with Gasteiger partial charge in [0.15, 0.2) is 0 Å². The van der Waals surface area contributed by atoms with E-state index >= 15 is 0 Å². The van der Waals surface area contributed by atoms with Crippen LogP contribution in [0.25, 0.3) is 0 Å². The Hall–Kier alpha value is -1.71. The summed E-state index contributed by atoms with van der Waals surface area (Å²) >= 11 is 0. The van der Waals surface area contributed by atoms with Crippen molar-refractivity contribution in [2.45, 2.75) is 13.3 Å². The SMILES string of the molecule is CCCN(CC(N)=O)c1ccc(N)cc1. The van der Waals surface area contributed by atoms with Crippen molar-refractivity contribution < 1.29 is 4.79 Å². The summed E-state index contributed by atoms with van der Waals surface area (Å²) in [7, 11) is 0. The average molecular weight is 207 g/mol. The third-order valence-electron chi connectivity index (χ3n) is 2.10. The normalized spacial score (nSPS) is 9.93. The van der Waals surface area contributed by atoms with E-state index in [4.69, 9.17) is 11.5 Å². The van der Waals surface area contributed by atoms with Gasteiger partial charge in [-0.1, -0.05) is 6.92 Å². The van der Waals surface area contributed by atoms with Crippen molar-refractivity contribution in [1.29, 1.82) is 0 Å². The number of nitrogen functional groups attached to an aromatic ring is 1. The largest absolute Gasteiger partial charge is 0.399 e. The van der Waals surface area contributed by atoms with Crippen molar-refractivity contribution >= 4 is 17.3 Å². The smallest absolute Gasteiger partial charge is 0.236 e. The quantitative estimate of drug-likeness (QED) is 0.707. The number of anilines is 2. The first-order valence-electron chi connectivity index (χ1n) is 5.02. The Morgan fingerprint density at radius 2 is 1.93 bits per heavy atom. The monoisotopic (exact) mass is 207 g/mol. The molecule has 15 heavy (non-hydrogen) atoms. The fourth-order valence-corrected chi connectivity index (χ4v) is 1.44. The average Bonchev–Trinajstić information content (AvgIpc) is 2.17. The van der Waals surface area contributed by atoms with Crippen LogP contribution in [0.4, 0.5) is 11.4 Å². The van der Waals surface area contributed by atoms with Crippen molar-refractivity contribution in [3.05, 3.63) is 24.3 Å². The van der Waals surface area contributed by atoms with Crippen LogP contribution in [-0.4, -0.2) is 19.0 Å². The molecule has 0 aromatic heterocycles.